The molecule has 6 nitrogen and oxygen atoms in total. The number of rotatable bonds is 4. The van der Waals surface area contributed by atoms with Gasteiger partial charge < -0.3 is 9.73 Å². The Morgan fingerprint density at radius 2 is 2.21 bits per heavy atom. The third kappa shape index (κ3) is 2.63. The van der Waals surface area contributed by atoms with Gasteiger partial charge in [0.25, 0.3) is 5.69 Å². The van der Waals surface area contributed by atoms with Gasteiger partial charge in [-0.3, -0.25) is 10.1 Å². The largest absolute Gasteiger partial charge is 0.439 e. The van der Waals surface area contributed by atoms with Gasteiger partial charge in [0.05, 0.1) is 17.2 Å². The highest BCUT2D eigenvalue weighted by atomic mass is 16.6. The molecule has 2 aromatic rings. The normalized spacial score (nSPS) is 12.4. The lowest BCUT2D eigenvalue weighted by molar-refractivity contribution is -0.385. The van der Waals surface area contributed by atoms with Crippen LogP contribution in [0.5, 0.6) is 0 Å². The minimum Gasteiger partial charge on any atom is -0.439 e. The third-order valence-corrected chi connectivity index (χ3v) is 3.01. The van der Waals surface area contributed by atoms with Gasteiger partial charge in [0, 0.05) is 17.2 Å². The Balaban J connectivity index is 2.35. The van der Waals surface area contributed by atoms with E-state index in [0.29, 0.717) is 17.2 Å². The minimum atomic E-state index is -0.395. The van der Waals surface area contributed by atoms with E-state index in [1.54, 1.807) is 25.3 Å². The van der Waals surface area contributed by atoms with Crippen LogP contribution in [0.2, 0.25) is 0 Å². The van der Waals surface area contributed by atoms with Crippen LogP contribution >= 0.6 is 0 Å². The van der Waals surface area contributed by atoms with E-state index >= 15 is 0 Å². The van der Waals surface area contributed by atoms with Crippen molar-refractivity contribution < 1.29 is 9.34 Å². The zero-order valence-electron chi connectivity index (χ0n) is 11.0. The molecule has 1 atom stereocenters. The van der Waals surface area contributed by atoms with E-state index in [9.17, 15) is 10.1 Å². The van der Waals surface area contributed by atoms with Crippen molar-refractivity contribution in [2.45, 2.75) is 19.9 Å². The summed E-state index contributed by atoms with van der Waals surface area (Å²) in [5.41, 5.74) is 1.49. The van der Waals surface area contributed by atoms with Crippen LogP contribution in [-0.2, 0) is 0 Å². The molecule has 0 aliphatic heterocycles. The van der Waals surface area contributed by atoms with E-state index in [0.717, 1.165) is 5.56 Å². The Kier molecular flexibility index (Phi) is 3.62. The molecule has 0 saturated heterocycles. The van der Waals surface area contributed by atoms with Crippen LogP contribution in [0, 0.1) is 17.0 Å². The second-order valence-electron chi connectivity index (χ2n) is 4.33. The van der Waals surface area contributed by atoms with Crippen molar-refractivity contribution >= 4 is 5.69 Å². The van der Waals surface area contributed by atoms with Gasteiger partial charge >= 0.3 is 0 Å². The van der Waals surface area contributed by atoms with Crippen LogP contribution in [0.15, 0.2) is 28.8 Å². The summed E-state index contributed by atoms with van der Waals surface area (Å²) in [5, 5.41) is 13.8. The number of benzene rings is 1. The highest BCUT2D eigenvalue weighted by molar-refractivity contribution is 5.61. The van der Waals surface area contributed by atoms with Crippen LogP contribution in [0.3, 0.4) is 0 Å². The summed E-state index contributed by atoms with van der Waals surface area (Å²) in [6.07, 6.45) is 1.63. The summed E-state index contributed by atoms with van der Waals surface area (Å²) in [7, 11) is 1.82. The molecular formula is C13H15N3O3. The fourth-order valence-corrected chi connectivity index (χ4v) is 1.76. The van der Waals surface area contributed by atoms with Crippen LogP contribution in [-0.4, -0.2) is 17.0 Å². The Labute approximate surface area is 110 Å². The topological polar surface area (TPSA) is 81.2 Å². The Hall–Kier alpha value is -2.21. The molecule has 0 bridgehead atoms. The summed E-state index contributed by atoms with van der Waals surface area (Å²) in [6, 6.07) is 4.90. The van der Waals surface area contributed by atoms with Gasteiger partial charge in [-0.2, -0.15) is 0 Å². The molecule has 1 N–H and O–H groups in total. The van der Waals surface area contributed by atoms with E-state index in [4.69, 9.17) is 4.42 Å². The standard InChI is InChI=1S/C13H15N3O3/c1-8-6-10(4-5-11(8)16(17)18)12-7-15-13(19-12)9(2)14-3/h4-7,9,14H,1-3H3. The zero-order valence-corrected chi connectivity index (χ0v) is 11.0. The summed E-state index contributed by atoms with van der Waals surface area (Å²) >= 11 is 0. The van der Waals surface area contributed by atoms with Crippen molar-refractivity contribution in [1.29, 1.82) is 0 Å². The fourth-order valence-electron chi connectivity index (χ4n) is 1.76. The van der Waals surface area contributed by atoms with Crippen molar-refractivity contribution in [3.63, 3.8) is 0 Å². The van der Waals surface area contributed by atoms with E-state index in [-0.39, 0.29) is 11.7 Å². The molecule has 0 amide bonds. The number of hydrogen-bond acceptors (Lipinski definition) is 5. The number of nitrogens with zero attached hydrogens (tertiary/aromatic N) is 2. The van der Waals surface area contributed by atoms with Crippen LogP contribution < -0.4 is 5.32 Å². The number of nitro benzene ring substituents is 1. The quantitative estimate of drug-likeness (QED) is 0.676. The number of hydrogen-bond donors (Lipinski definition) is 1. The monoisotopic (exact) mass is 261 g/mol. The lowest BCUT2D eigenvalue weighted by Crippen LogP contribution is -2.12. The maximum atomic E-state index is 10.8. The average molecular weight is 261 g/mol. The molecule has 6 heteroatoms. The SMILES string of the molecule is CNC(C)c1ncc(-c2ccc([N+](=O)[O-])c(C)c2)o1. The average Bonchev–Trinajstić information content (AvgIpc) is 2.86. The molecule has 1 heterocycles. The van der Waals surface area contributed by atoms with Gasteiger partial charge in [-0.1, -0.05) is 0 Å². The second-order valence-corrected chi connectivity index (χ2v) is 4.33. The molecule has 2 rings (SSSR count). The molecule has 1 unspecified atom stereocenters. The maximum Gasteiger partial charge on any atom is 0.272 e. The molecule has 0 saturated carbocycles. The fraction of sp³-hybridized carbons (Fsp3) is 0.308. The number of aryl methyl sites for hydroxylation is 1. The van der Waals surface area contributed by atoms with Gasteiger partial charge in [-0.15, -0.1) is 0 Å². The number of nitro groups is 1. The first-order valence-corrected chi connectivity index (χ1v) is 5.91. The molecule has 1 aromatic heterocycles. The van der Waals surface area contributed by atoms with Crippen LogP contribution in [0.4, 0.5) is 5.69 Å². The van der Waals surface area contributed by atoms with Crippen LogP contribution in [0.1, 0.15) is 24.4 Å². The lowest BCUT2D eigenvalue weighted by Gasteiger charge is -2.04. The van der Waals surface area contributed by atoms with E-state index in [2.05, 4.69) is 10.3 Å². The Bertz CT molecular complexity index is 607. The highest BCUT2D eigenvalue weighted by Gasteiger charge is 2.15. The summed E-state index contributed by atoms with van der Waals surface area (Å²) in [5.74, 6) is 1.20. The molecule has 0 aliphatic rings. The van der Waals surface area contributed by atoms with Crippen molar-refractivity contribution in [1.82, 2.24) is 10.3 Å². The van der Waals surface area contributed by atoms with Crippen molar-refractivity contribution in [3.8, 4) is 11.3 Å². The van der Waals surface area contributed by atoms with Crippen molar-refractivity contribution in [2.24, 2.45) is 0 Å². The summed E-state index contributed by atoms with van der Waals surface area (Å²) in [4.78, 5) is 14.6. The molecule has 1 aromatic carbocycles. The number of nitrogens with one attached hydrogen (secondary N) is 1. The Morgan fingerprint density at radius 1 is 1.47 bits per heavy atom. The van der Waals surface area contributed by atoms with E-state index in [1.807, 2.05) is 14.0 Å². The number of oxazole rings is 1. The number of aromatic nitrogens is 1. The molecule has 0 radical (unpaired) electrons. The summed E-state index contributed by atoms with van der Waals surface area (Å²) < 4.78 is 5.63. The smallest absolute Gasteiger partial charge is 0.272 e. The van der Waals surface area contributed by atoms with Gasteiger partial charge in [0.2, 0.25) is 5.89 Å². The maximum absolute atomic E-state index is 10.8. The molecule has 19 heavy (non-hydrogen) atoms. The molecular weight excluding hydrogens is 246 g/mol. The van der Waals surface area contributed by atoms with Crippen molar-refractivity contribution in [3.05, 3.63) is 46.0 Å². The first-order valence-electron chi connectivity index (χ1n) is 5.91. The predicted molar refractivity (Wildman–Crippen MR) is 70.8 cm³/mol. The molecule has 0 spiro atoms. The van der Waals surface area contributed by atoms with Crippen molar-refractivity contribution in [2.75, 3.05) is 7.05 Å². The molecule has 0 aliphatic carbocycles. The first kappa shape index (κ1) is 13.2. The molecule has 0 fully saturated rings. The van der Waals surface area contributed by atoms with E-state index < -0.39 is 4.92 Å². The Morgan fingerprint density at radius 3 is 2.79 bits per heavy atom. The zero-order chi connectivity index (χ0) is 14.0. The van der Waals surface area contributed by atoms with Gasteiger partial charge in [0.1, 0.15) is 0 Å². The summed E-state index contributed by atoms with van der Waals surface area (Å²) in [6.45, 7) is 3.64. The van der Waals surface area contributed by atoms with E-state index in [1.165, 1.54) is 6.07 Å². The van der Waals surface area contributed by atoms with Gasteiger partial charge in [0.15, 0.2) is 5.76 Å². The van der Waals surface area contributed by atoms with Gasteiger partial charge in [-0.05, 0) is 33.0 Å². The predicted octanol–water partition coefficient (Wildman–Crippen LogP) is 2.84. The molecule has 100 valence electrons. The van der Waals surface area contributed by atoms with Gasteiger partial charge in [-0.25, -0.2) is 4.98 Å². The highest BCUT2D eigenvalue weighted by Crippen LogP contribution is 2.27. The third-order valence-electron chi connectivity index (χ3n) is 3.01. The van der Waals surface area contributed by atoms with Crippen LogP contribution in [0.25, 0.3) is 11.3 Å². The minimum absolute atomic E-state index is 0.0212. The first-order chi connectivity index (χ1) is 9.02. The lowest BCUT2D eigenvalue weighted by atomic mass is 10.1. The second kappa shape index (κ2) is 5.19.